The molecule has 90 valence electrons. The van der Waals surface area contributed by atoms with Crippen LogP contribution >= 0.6 is 11.3 Å². The minimum Gasteiger partial charge on any atom is -0.309 e. The highest BCUT2D eigenvalue weighted by Gasteiger charge is 2.32. The molecular formula is C13H22N2S. The van der Waals surface area contributed by atoms with Gasteiger partial charge in [0.25, 0.3) is 0 Å². The van der Waals surface area contributed by atoms with Crippen molar-refractivity contribution in [2.24, 2.45) is 11.8 Å². The first-order valence-corrected chi connectivity index (χ1v) is 7.13. The van der Waals surface area contributed by atoms with Gasteiger partial charge in [0.2, 0.25) is 0 Å². The van der Waals surface area contributed by atoms with Crippen LogP contribution in [0.4, 0.5) is 0 Å². The van der Waals surface area contributed by atoms with Crippen LogP contribution in [-0.2, 0) is 6.42 Å². The van der Waals surface area contributed by atoms with Gasteiger partial charge < -0.3 is 5.32 Å². The van der Waals surface area contributed by atoms with Crippen molar-refractivity contribution in [3.63, 3.8) is 0 Å². The molecule has 0 amide bonds. The van der Waals surface area contributed by atoms with E-state index in [1.807, 2.05) is 11.3 Å². The van der Waals surface area contributed by atoms with Gasteiger partial charge in [0.15, 0.2) is 0 Å². The van der Waals surface area contributed by atoms with Crippen molar-refractivity contribution >= 4 is 11.3 Å². The number of nitrogens with one attached hydrogen (secondary N) is 1. The maximum Gasteiger partial charge on any atom is 0.0928 e. The van der Waals surface area contributed by atoms with Gasteiger partial charge in [-0.3, -0.25) is 0 Å². The van der Waals surface area contributed by atoms with Crippen molar-refractivity contribution < 1.29 is 0 Å². The molecule has 1 fully saturated rings. The van der Waals surface area contributed by atoms with Gasteiger partial charge in [0.05, 0.1) is 10.7 Å². The average Bonchev–Trinajstić information content (AvgIpc) is 2.82. The lowest BCUT2D eigenvalue weighted by molar-refractivity contribution is 0.538. The monoisotopic (exact) mass is 238 g/mol. The van der Waals surface area contributed by atoms with Gasteiger partial charge in [-0.05, 0) is 45.1 Å². The predicted octanol–water partition coefficient (Wildman–Crippen LogP) is 3.32. The third-order valence-electron chi connectivity index (χ3n) is 3.53. The molecule has 2 rings (SSSR count). The quantitative estimate of drug-likeness (QED) is 0.851. The zero-order valence-electron chi connectivity index (χ0n) is 10.7. The Morgan fingerprint density at radius 1 is 1.56 bits per heavy atom. The van der Waals surface area contributed by atoms with E-state index >= 15 is 0 Å². The third-order valence-corrected chi connectivity index (χ3v) is 5.02. The molecule has 1 aliphatic rings. The lowest BCUT2D eigenvalue weighted by atomic mass is 10.2. The van der Waals surface area contributed by atoms with Crippen molar-refractivity contribution in [2.75, 3.05) is 6.54 Å². The van der Waals surface area contributed by atoms with Crippen LogP contribution in [0.5, 0.6) is 0 Å². The van der Waals surface area contributed by atoms with E-state index in [1.165, 1.54) is 28.5 Å². The molecule has 16 heavy (non-hydrogen) atoms. The highest BCUT2D eigenvalue weighted by atomic mass is 32.1. The Bertz CT molecular complexity index is 359. The summed E-state index contributed by atoms with van der Waals surface area (Å²) in [6, 6.07) is 0.464. The van der Waals surface area contributed by atoms with E-state index in [0.717, 1.165) is 18.3 Å². The zero-order chi connectivity index (χ0) is 11.7. The molecule has 0 aliphatic heterocycles. The van der Waals surface area contributed by atoms with Crippen molar-refractivity contribution in [1.82, 2.24) is 10.3 Å². The topological polar surface area (TPSA) is 24.9 Å². The van der Waals surface area contributed by atoms with E-state index in [-0.39, 0.29) is 0 Å². The van der Waals surface area contributed by atoms with Crippen LogP contribution in [0.25, 0.3) is 0 Å². The Morgan fingerprint density at radius 2 is 2.25 bits per heavy atom. The Hall–Kier alpha value is -0.410. The van der Waals surface area contributed by atoms with Gasteiger partial charge in [-0.1, -0.05) is 13.8 Å². The molecule has 2 nitrogen and oxygen atoms in total. The van der Waals surface area contributed by atoms with E-state index in [1.54, 1.807) is 0 Å². The minimum absolute atomic E-state index is 0.464. The molecule has 3 heteroatoms. The van der Waals surface area contributed by atoms with E-state index < -0.39 is 0 Å². The number of aryl methyl sites for hydroxylation is 2. The SMILES string of the molecule is CCc1nc(C)c(C(C)NCC2CC2C)s1. The van der Waals surface area contributed by atoms with Crippen LogP contribution < -0.4 is 5.32 Å². The van der Waals surface area contributed by atoms with Crippen LogP contribution in [0.3, 0.4) is 0 Å². The maximum atomic E-state index is 4.59. The van der Waals surface area contributed by atoms with Crippen LogP contribution in [0.1, 0.15) is 48.8 Å². The Labute approximate surface area is 102 Å². The minimum atomic E-state index is 0.464. The second-order valence-corrected chi connectivity index (χ2v) is 6.13. The number of nitrogens with zero attached hydrogens (tertiary/aromatic N) is 1. The molecule has 1 aliphatic carbocycles. The molecule has 0 aromatic carbocycles. The molecule has 0 radical (unpaired) electrons. The molecule has 0 bridgehead atoms. The van der Waals surface area contributed by atoms with E-state index in [2.05, 4.69) is 38.0 Å². The molecular weight excluding hydrogens is 216 g/mol. The Balaban J connectivity index is 1.91. The van der Waals surface area contributed by atoms with Gasteiger partial charge in [-0.25, -0.2) is 4.98 Å². The Kier molecular flexibility index (Phi) is 3.65. The van der Waals surface area contributed by atoms with E-state index in [9.17, 15) is 0 Å². The molecule has 1 aromatic heterocycles. The smallest absolute Gasteiger partial charge is 0.0928 e. The number of thiazole rings is 1. The first-order valence-electron chi connectivity index (χ1n) is 6.31. The van der Waals surface area contributed by atoms with Gasteiger partial charge in [-0.15, -0.1) is 11.3 Å². The van der Waals surface area contributed by atoms with Crippen molar-refractivity contribution in [3.8, 4) is 0 Å². The molecule has 3 atom stereocenters. The first kappa shape index (κ1) is 12.1. The standard InChI is InChI=1S/C13H22N2S/c1-5-12-15-10(4)13(16-12)9(3)14-7-11-6-8(11)2/h8-9,11,14H,5-7H2,1-4H3. The fraction of sp³-hybridized carbons (Fsp3) is 0.769. The summed E-state index contributed by atoms with van der Waals surface area (Å²) in [4.78, 5) is 6.01. The summed E-state index contributed by atoms with van der Waals surface area (Å²) in [6.07, 6.45) is 2.46. The molecule has 0 spiro atoms. The van der Waals surface area contributed by atoms with Crippen molar-refractivity contribution in [3.05, 3.63) is 15.6 Å². The largest absolute Gasteiger partial charge is 0.309 e. The molecule has 3 unspecified atom stereocenters. The maximum absolute atomic E-state index is 4.59. The summed E-state index contributed by atoms with van der Waals surface area (Å²) in [6.45, 7) is 10.1. The highest BCUT2D eigenvalue weighted by Crippen LogP contribution is 2.37. The summed E-state index contributed by atoms with van der Waals surface area (Å²) < 4.78 is 0. The molecule has 1 heterocycles. The van der Waals surface area contributed by atoms with Crippen molar-refractivity contribution in [1.29, 1.82) is 0 Å². The second-order valence-electron chi connectivity index (χ2n) is 5.01. The van der Waals surface area contributed by atoms with Crippen LogP contribution in [-0.4, -0.2) is 11.5 Å². The molecule has 1 saturated carbocycles. The molecule has 1 aromatic rings. The Morgan fingerprint density at radius 3 is 2.75 bits per heavy atom. The number of aromatic nitrogens is 1. The first-order chi connectivity index (χ1) is 7.61. The number of hydrogen-bond acceptors (Lipinski definition) is 3. The van der Waals surface area contributed by atoms with Gasteiger partial charge in [0.1, 0.15) is 0 Å². The lowest BCUT2D eigenvalue weighted by Crippen LogP contribution is -2.21. The highest BCUT2D eigenvalue weighted by molar-refractivity contribution is 7.11. The van der Waals surface area contributed by atoms with Crippen LogP contribution in [0.15, 0.2) is 0 Å². The zero-order valence-corrected chi connectivity index (χ0v) is 11.5. The molecule has 1 N–H and O–H groups in total. The fourth-order valence-corrected chi connectivity index (χ4v) is 3.16. The normalized spacial score (nSPS) is 25.8. The van der Waals surface area contributed by atoms with E-state index in [4.69, 9.17) is 0 Å². The van der Waals surface area contributed by atoms with Crippen LogP contribution in [0, 0.1) is 18.8 Å². The number of rotatable bonds is 5. The average molecular weight is 238 g/mol. The summed E-state index contributed by atoms with van der Waals surface area (Å²) >= 11 is 1.87. The molecule has 0 saturated heterocycles. The van der Waals surface area contributed by atoms with Gasteiger partial charge in [-0.2, -0.15) is 0 Å². The van der Waals surface area contributed by atoms with Gasteiger partial charge in [0, 0.05) is 10.9 Å². The summed E-state index contributed by atoms with van der Waals surface area (Å²) in [5.74, 6) is 1.86. The predicted molar refractivity (Wildman–Crippen MR) is 69.9 cm³/mol. The van der Waals surface area contributed by atoms with Crippen LogP contribution in [0.2, 0.25) is 0 Å². The summed E-state index contributed by atoms with van der Waals surface area (Å²) in [5.41, 5.74) is 1.21. The third kappa shape index (κ3) is 2.64. The number of hydrogen-bond donors (Lipinski definition) is 1. The van der Waals surface area contributed by atoms with Crippen molar-refractivity contribution in [2.45, 2.75) is 46.6 Å². The lowest BCUT2D eigenvalue weighted by Gasteiger charge is -2.12. The summed E-state index contributed by atoms with van der Waals surface area (Å²) in [7, 11) is 0. The fourth-order valence-electron chi connectivity index (χ4n) is 2.12. The summed E-state index contributed by atoms with van der Waals surface area (Å²) in [5, 5.41) is 4.90. The van der Waals surface area contributed by atoms with E-state index in [0.29, 0.717) is 6.04 Å². The second kappa shape index (κ2) is 4.84. The van der Waals surface area contributed by atoms with Gasteiger partial charge >= 0.3 is 0 Å².